The van der Waals surface area contributed by atoms with Gasteiger partial charge in [0.2, 0.25) is 0 Å². The molecule has 4 heteroatoms. The number of nitrogens with zero attached hydrogens (tertiary/aromatic N) is 2. The summed E-state index contributed by atoms with van der Waals surface area (Å²) in [7, 11) is 7.69. The van der Waals surface area contributed by atoms with Gasteiger partial charge in [-0.05, 0) is 36.4 Å². The molecule has 0 aliphatic heterocycles. The number of benzene rings is 1. The van der Waals surface area contributed by atoms with E-state index in [-0.39, 0.29) is 6.04 Å². The van der Waals surface area contributed by atoms with Crippen molar-refractivity contribution in [2.75, 3.05) is 33.2 Å². The van der Waals surface area contributed by atoms with E-state index in [0.29, 0.717) is 0 Å². The van der Waals surface area contributed by atoms with Crippen LogP contribution in [0.2, 0.25) is 0 Å². The van der Waals surface area contributed by atoms with Crippen LogP contribution in [0.25, 0.3) is 0 Å². The first kappa shape index (κ1) is 14.3. The summed E-state index contributed by atoms with van der Waals surface area (Å²) in [5, 5.41) is 3.34. The van der Waals surface area contributed by atoms with Gasteiger partial charge in [-0.25, -0.2) is 0 Å². The molecule has 106 valence electrons. The molecule has 1 aromatic heterocycles. The lowest BCUT2D eigenvalue weighted by atomic mass is 9.99. The van der Waals surface area contributed by atoms with Gasteiger partial charge in [0.15, 0.2) is 0 Å². The van der Waals surface area contributed by atoms with Crippen LogP contribution >= 0.6 is 0 Å². The smallest absolute Gasteiger partial charge is 0.137 e. The number of hydrogen-bond donors (Lipinski definition) is 1. The molecule has 2 rings (SSSR count). The Morgan fingerprint density at radius 2 is 1.95 bits per heavy atom. The molecule has 0 saturated carbocycles. The minimum absolute atomic E-state index is 0.0949. The summed E-state index contributed by atoms with van der Waals surface area (Å²) in [6.45, 7) is 0. The lowest BCUT2D eigenvalue weighted by molar-refractivity contribution is 0.411. The van der Waals surface area contributed by atoms with Crippen molar-refractivity contribution in [2.24, 2.45) is 0 Å². The average Bonchev–Trinajstić information content (AvgIpc) is 2.48. The summed E-state index contributed by atoms with van der Waals surface area (Å²) < 4.78 is 5.25. The van der Waals surface area contributed by atoms with Gasteiger partial charge >= 0.3 is 0 Å². The molecule has 0 amide bonds. The summed E-state index contributed by atoms with van der Waals surface area (Å²) in [5.74, 6) is 0.770. The zero-order valence-electron chi connectivity index (χ0n) is 12.4. The van der Waals surface area contributed by atoms with Crippen LogP contribution in [0.1, 0.15) is 17.2 Å². The molecule has 0 aliphatic rings. The van der Waals surface area contributed by atoms with Crippen LogP contribution in [-0.2, 0) is 0 Å². The van der Waals surface area contributed by atoms with Crippen LogP contribution in [-0.4, -0.2) is 33.2 Å². The van der Waals surface area contributed by atoms with Gasteiger partial charge in [-0.1, -0.05) is 12.1 Å². The fraction of sp³-hybridized carbons (Fsp3) is 0.312. The van der Waals surface area contributed by atoms with Crippen LogP contribution in [0.3, 0.4) is 0 Å². The second-order valence-corrected chi connectivity index (χ2v) is 4.87. The van der Waals surface area contributed by atoms with Gasteiger partial charge in [0.25, 0.3) is 0 Å². The molecule has 1 atom stereocenters. The van der Waals surface area contributed by atoms with Gasteiger partial charge in [-0.15, -0.1) is 0 Å². The number of nitrogens with one attached hydrogen (secondary N) is 1. The molecule has 0 fully saturated rings. The number of ether oxygens (including phenoxy) is 1. The quantitative estimate of drug-likeness (QED) is 0.906. The lowest BCUT2D eigenvalue weighted by Gasteiger charge is -2.20. The first-order valence-corrected chi connectivity index (χ1v) is 6.59. The highest BCUT2D eigenvalue weighted by Crippen LogP contribution is 2.26. The van der Waals surface area contributed by atoms with E-state index in [4.69, 9.17) is 4.74 Å². The first-order chi connectivity index (χ1) is 9.65. The molecule has 0 radical (unpaired) electrons. The molecule has 1 aromatic carbocycles. The first-order valence-electron chi connectivity index (χ1n) is 6.59. The lowest BCUT2D eigenvalue weighted by Crippen LogP contribution is -2.18. The van der Waals surface area contributed by atoms with Crippen molar-refractivity contribution in [1.29, 1.82) is 0 Å². The normalized spacial score (nSPS) is 12.0. The van der Waals surface area contributed by atoms with Crippen LogP contribution in [0, 0.1) is 0 Å². The van der Waals surface area contributed by atoms with Crippen LogP contribution in [0.4, 0.5) is 5.69 Å². The molecule has 0 aliphatic carbocycles. The van der Waals surface area contributed by atoms with Crippen molar-refractivity contribution in [3.05, 3.63) is 53.9 Å². The third-order valence-electron chi connectivity index (χ3n) is 3.31. The van der Waals surface area contributed by atoms with Crippen molar-refractivity contribution >= 4 is 5.69 Å². The maximum atomic E-state index is 5.25. The van der Waals surface area contributed by atoms with E-state index in [0.717, 1.165) is 11.3 Å². The topological polar surface area (TPSA) is 37.4 Å². The monoisotopic (exact) mass is 271 g/mol. The van der Waals surface area contributed by atoms with Gasteiger partial charge in [0, 0.05) is 26.0 Å². The second kappa shape index (κ2) is 6.39. The minimum atomic E-state index is 0.0949. The summed E-state index contributed by atoms with van der Waals surface area (Å²) in [4.78, 5) is 6.33. The van der Waals surface area contributed by atoms with Gasteiger partial charge in [0.05, 0.1) is 19.3 Å². The van der Waals surface area contributed by atoms with Gasteiger partial charge < -0.3 is 15.0 Å². The zero-order valence-corrected chi connectivity index (χ0v) is 12.4. The summed E-state index contributed by atoms with van der Waals surface area (Å²) in [5.41, 5.74) is 3.47. The number of rotatable bonds is 5. The summed E-state index contributed by atoms with van der Waals surface area (Å²) in [6, 6.07) is 10.6. The maximum Gasteiger partial charge on any atom is 0.137 e. The Morgan fingerprint density at radius 1 is 1.15 bits per heavy atom. The Balaban J connectivity index is 2.38. The fourth-order valence-electron chi connectivity index (χ4n) is 2.21. The van der Waals surface area contributed by atoms with Gasteiger partial charge in [-0.2, -0.15) is 0 Å². The van der Waals surface area contributed by atoms with Crippen molar-refractivity contribution < 1.29 is 4.74 Å². The standard InChI is InChI=1S/C16H21N3O/c1-17-16(13-9-15(20-4)11-18-10-13)12-6-5-7-14(8-12)19(2)3/h5-11,16-17H,1-4H3. The summed E-state index contributed by atoms with van der Waals surface area (Å²) >= 11 is 0. The largest absolute Gasteiger partial charge is 0.495 e. The molecular weight excluding hydrogens is 250 g/mol. The summed E-state index contributed by atoms with van der Waals surface area (Å²) in [6.07, 6.45) is 3.58. The number of anilines is 1. The molecule has 1 unspecified atom stereocenters. The Hall–Kier alpha value is -2.07. The molecule has 20 heavy (non-hydrogen) atoms. The highest BCUT2D eigenvalue weighted by Gasteiger charge is 2.14. The maximum absolute atomic E-state index is 5.25. The highest BCUT2D eigenvalue weighted by molar-refractivity contribution is 5.49. The van der Waals surface area contributed by atoms with E-state index in [2.05, 4.69) is 39.5 Å². The molecule has 2 aromatic rings. The van der Waals surface area contributed by atoms with E-state index < -0.39 is 0 Å². The van der Waals surface area contributed by atoms with Crippen molar-refractivity contribution in [3.8, 4) is 5.75 Å². The predicted molar refractivity (Wildman–Crippen MR) is 82.5 cm³/mol. The molecule has 1 N–H and O–H groups in total. The third kappa shape index (κ3) is 3.08. The molecule has 0 saturated heterocycles. The van der Waals surface area contributed by atoms with Crippen LogP contribution in [0.5, 0.6) is 5.75 Å². The fourth-order valence-corrected chi connectivity index (χ4v) is 2.21. The Bertz CT molecular complexity index is 569. The van der Waals surface area contributed by atoms with Crippen LogP contribution < -0.4 is 15.0 Å². The number of methoxy groups -OCH3 is 1. The van der Waals surface area contributed by atoms with E-state index in [9.17, 15) is 0 Å². The average molecular weight is 271 g/mol. The Labute approximate surface area is 120 Å². The third-order valence-corrected chi connectivity index (χ3v) is 3.31. The van der Waals surface area contributed by atoms with E-state index in [1.54, 1.807) is 13.3 Å². The van der Waals surface area contributed by atoms with Crippen molar-refractivity contribution in [3.63, 3.8) is 0 Å². The zero-order chi connectivity index (χ0) is 14.5. The molecule has 4 nitrogen and oxygen atoms in total. The predicted octanol–water partition coefficient (Wildman–Crippen LogP) is 2.47. The number of pyridine rings is 1. The second-order valence-electron chi connectivity index (χ2n) is 4.87. The van der Waals surface area contributed by atoms with Crippen molar-refractivity contribution in [1.82, 2.24) is 10.3 Å². The highest BCUT2D eigenvalue weighted by atomic mass is 16.5. The van der Waals surface area contributed by atoms with E-state index >= 15 is 0 Å². The van der Waals surface area contributed by atoms with E-state index in [1.807, 2.05) is 33.4 Å². The van der Waals surface area contributed by atoms with E-state index in [1.165, 1.54) is 11.3 Å². The van der Waals surface area contributed by atoms with Crippen molar-refractivity contribution in [2.45, 2.75) is 6.04 Å². The molecule has 0 bridgehead atoms. The van der Waals surface area contributed by atoms with Crippen LogP contribution in [0.15, 0.2) is 42.7 Å². The molecule has 0 spiro atoms. The SMILES string of the molecule is CNC(c1cncc(OC)c1)c1cccc(N(C)C)c1. The van der Waals surface area contributed by atoms with Gasteiger partial charge in [0.1, 0.15) is 5.75 Å². The Kier molecular flexibility index (Phi) is 4.58. The number of hydrogen-bond acceptors (Lipinski definition) is 4. The minimum Gasteiger partial charge on any atom is -0.495 e. The van der Waals surface area contributed by atoms with Gasteiger partial charge in [-0.3, -0.25) is 4.98 Å². The molecule has 1 heterocycles. The molecular formula is C16H21N3O. The Morgan fingerprint density at radius 3 is 2.60 bits per heavy atom. The number of aromatic nitrogens is 1.